The van der Waals surface area contributed by atoms with Crippen molar-refractivity contribution in [2.45, 2.75) is 58.0 Å². The number of pyridine rings is 1. The van der Waals surface area contributed by atoms with Crippen LogP contribution in [0.1, 0.15) is 57.6 Å². The van der Waals surface area contributed by atoms with Crippen LogP contribution in [-0.2, 0) is 0 Å². The molecule has 94 valence electrons. The zero-order valence-corrected chi connectivity index (χ0v) is 11.0. The van der Waals surface area contributed by atoms with E-state index in [0.717, 1.165) is 5.92 Å². The Kier molecular flexibility index (Phi) is 4.55. The summed E-state index contributed by atoms with van der Waals surface area (Å²) >= 11 is 0. The summed E-state index contributed by atoms with van der Waals surface area (Å²) in [6.07, 6.45) is 10.6. The van der Waals surface area contributed by atoms with Crippen molar-refractivity contribution < 1.29 is 0 Å². The molecule has 2 rings (SSSR count). The van der Waals surface area contributed by atoms with E-state index in [1.54, 1.807) is 0 Å². The van der Waals surface area contributed by atoms with Gasteiger partial charge < -0.3 is 5.32 Å². The molecule has 0 spiro atoms. The van der Waals surface area contributed by atoms with Crippen LogP contribution in [0.25, 0.3) is 0 Å². The zero-order valence-electron chi connectivity index (χ0n) is 11.0. The first kappa shape index (κ1) is 12.6. The third kappa shape index (κ3) is 3.29. The molecule has 2 nitrogen and oxygen atoms in total. The van der Waals surface area contributed by atoms with Crippen LogP contribution in [-0.4, -0.2) is 11.0 Å². The molecule has 1 heterocycles. The second-order valence-electron chi connectivity index (χ2n) is 5.23. The van der Waals surface area contributed by atoms with Gasteiger partial charge in [0, 0.05) is 24.5 Å². The highest BCUT2D eigenvalue weighted by atomic mass is 15.0. The molecule has 1 fully saturated rings. The Morgan fingerprint density at radius 2 is 2.00 bits per heavy atom. The first-order valence-corrected chi connectivity index (χ1v) is 6.97. The quantitative estimate of drug-likeness (QED) is 0.856. The second kappa shape index (κ2) is 6.15. The van der Waals surface area contributed by atoms with Crippen LogP contribution in [0, 0.1) is 5.92 Å². The van der Waals surface area contributed by atoms with Crippen molar-refractivity contribution in [3.63, 3.8) is 0 Å². The second-order valence-corrected chi connectivity index (χ2v) is 5.23. The number of aromatic nitrogens is 1. The highest BCUT2D eigenvalue weighted by Crippen LogP contribution is 2.28. The molecule has 1 aromatic rings. The molecule has 1 N–H and O–H groups in total. The molecule has 2 unspecified atom stereocenters. The lowest BCUT2D eigenvalue weighted by Crippen LogP contribution is -2.39. The highest BCUT2D eigenvalue weighted by molar-refractivity contribution is 5.14. The Hall–Kier alpha value is -0.890. The van der Waals surface area contributed by atoms with Crippen molar-refractivity contribution >= 4 is 0 Å². The van der Waals surface area contributed by atoms with Gasteiger partial charge in [0.1, 0.15) is 0 Å². The molecule has 1 saturated carbocycles. The SMILES string of the molecule is CCC1CCCCC1N[C@H](C)c1ccncc1. The largest absolute Gasteiger partial charge is 0.307 e. The maximum absolute atomic E-state index is 4.08. The van der Waals surface area contributed by atoms with Gasteiger partial charge in [0.05, 0.1) is 0 Å². The Morgan fingerprint density at radius 3 is 2.71 bits per heavy atom. The third-order valence-corrected chi connectivity index (χ3v) is 4.10. The van der Waals surface area contributed by atoms with Gasteiger partial charge in [-0.2, -0.15) is 0 Å². The lowest BCUT2D eigenvalue weighted by atomic mass is 9.82. The molecule has 1 aromatic heterocycles. The minimum atomic E-state index is 0.440. The van der Waals surface area contributed by atoms with E-state index >= 15 is 0 Å². The highest BCUT2D eigenvalue weighted by Gasteiger charge is 2.24. The van der Waals surface area contributed by atoms with E-state index in [9.17, 15) is 0 Å². The van der Waals surface area contributed by atoms with Gasteiger partial charge in [0.25, 0.3) is 0 Å². The van der Waals surface area contributed by atoms with Crippen LogP contribution in [0.2, 0.25) is 0 Å². The van der Waals surface area contributed by atoms with Crippen molar-refractivity contribution in [3.05, 3.63) is 30.1 Å². The smallest absolute Gasteiger partial charge is 0.0295 e. The first-order valence-electron chi connectivity index (χ1n) is 6.97. The molecule has 0 aliphatic heterocycles. The molecule has 0 saturated heterocycles. The first-order chi connectivity index (χ1) is 8.31. The minimum absolute atomic E-state index is 0.440. The van der Waals surface area contributed by atoms with Gasteiger partial charge >= 0.3 is 0 Å². The predicted molar refractivity (Wildman–Crippen MR) is 71.8 cm³/mol. The molecule has 0 radical (unpaired) electrons. The summed E-state index contributed by atoms with van der Waals surface area (Å²) in [5.74, 6) is 0.869. The maximum Gasteiger partial charge on any atom is 0.0295 e. The van der Waals surface area contributed by atoms with Gasteiger partial charge in [-0.3, -0.25) is 4.98 Å². The number of nitrogens with one attached hydrogen (secondary N) is 1. The van der Waals surface area contributed by atoms with Crippen molar-refractivity contribution in [3.8, 4) is 0 Å². The summed E-state index contributed by atoms with van der Waals surface area (Å²) in [6, 6.07) is 5.37. The third-order valence-electron chi connectivity index (χ3n) is 4.10. The van der Waals surface area contributed by atoms with Crippen LogP contribution in [0.3, 0.4) is 0 Å². The van der Waals surface area contributed by atoms with E-state index in [2.05, 4.69) is 36.3 Å². The molecule has 2 heteroatoms. The van der Waals surface area contributed by atoms with Crippen LogP contribution in [0.15, 0.2) is 24.5 Å². The fourth-order valence-electron chi connectivity index (χ4n) is 2.99. The van der Waals surface area contributed by atoms with E-state index in [-0.39, 0.29) is 0 Å². The van der Waals surface area contributed by atoms with Crippen LogP contribution in [0.5, 0.6) is 0 Å². The van der Waals surface area contributed by atoms with E-state index in [1.165, 1.54) is 37.7 Å². The standard InChI is InChI=1S/C15H24N2/c1-3-13-6-4-5-7-15(13)17-12(2)14-8-10-16-11-9-14/h8-13,15,17H,3-7H2,1-2H3/t12-,13?,15?/m1/s1. The van der Waals surface area contributed by atoms with E-state index in [4.69, 9.17) is 0 Å². The van der Waals surface area contributed by atoms with Gasteiger partial charge in [-0.25, -0.2) is 0 Å². The molecule has 0 bridgehead atoms. The van der Waals surface area contributed by atoms with E-state index in [1.807, 2.05) is 12.4 Å². The van der Waals surface area contributed by atoms with Crippen molar-refractivity contribution in [2.24, 2.45) is 5.92 Å². The minimum Gasteiger partial charge on any atom is -0.307 e. The van der Waals surface area contributed by atoms with Gasteiger partial charge in [0.2, 0.25) is 0 Å². The number of hydrogen-bond donors (Lipinski definition) is 1. The zero-order chi connectivity index (χ0) is 12.1. The molecule has 1 aliphatic rings. The topological polar surface area (TPSA) is 24.9 Å². The monoisotopic (exact) mass is 232 g/mol. The molecular formula is C15H24N2. The van der Waals surface area contributed by atoms with E-state index in [0.29, 0.717) is 12.1 Å². The lowest BCUT2D eigenvalue weighted by Gasteiger charge is -2.34. The van der Waals surface area contributed by atoms with Crippen LogP contribution >= 0.6 is 0 Å². The fourth-order valence-corrected chi connectivity index (χ4v) is 2.99. The van der Waals surface area contributed by atoms with E-state index < -0.39 is 0 Å². The van der Waals surface area contributed by atoms with Crippen molar-refractivity contribution in [1.29, 1.82) is 0 Å². The molecule has 0 aromatic carbocycles. The fraction of sp³-hybridized carbons (Fsp3) is 0.667. The normalized spacial score (nSPS) is 26.7. The predicted octanol–water partition coefficient (Wildman–Crippen LogP) is 3.70. The average Bonchev–Trinajstić information content (AvgIpc) is 2.40. The summed E-state index contributed by atoms with van der Waals surface area (Å²) in [4.78, 5) is 4.08. The Morgan fingerprint density at radius 1 is 1.29 bits per heavy atom. The number of nitrogens with zero attached hydrogens (tertiary/aromatic N) is 1. The molecule has 0 amide bonds. The maximum atomic E-state index is 4.08. The van der Waals surface area contributed by atoms with Crippen LogP contribution in [0.4, 0.5) is 0 Å². The van der Waals surface area contributed by atoms with Crippen molar-refractivity contribution in [2.75, 3.05) is 0 Å². The van der Waals surface area contributed by atoms with Crippen LogP contribution < -0.4 is 5.32 Å². The Bertz CT molecular complexity index is 323. The number of rotatable bonds is 4. The Balaban J connectivity index is 1.95. The van der Waals surface area contributed by atoms with Gasteiger partial charge in [-0.05, 0) is 43.4 Å². The molecule has 1 aliphatic carbocycles. The van der Waals surface area contributed by atoms with Gasteiger partial charge in [0.15, 0.2) is 0 Å². The summed E-state index contributed by atoms with van der Waals surface area (Å²) in [5.41, 5.74) is 1.35. The summed E-state index contributed by atoms with van der Waals surface area (Å²) in [7, 11) is 0. The number of hydrogen-bond acceptors (Lipinski definition) is 2. The Labute approximate surface area is 105 Å². The summed E-state index contributed by atoms with van der Waals surface area (Å²) in [5, 5.41) is 3.81. The summed E-state index contributed by atoms with van der Waals surface area (Å²) < 4.78 is 0. The van der Waals surface area contributed by atoms with Gasteiger partial charge in [-0.15, -0.1) is 0 Å². The molecule has 17 heavy (non-hydrogen) atoms. The van der Waals surface area contributed by atoms with Gasteiger partial charge in [-0.1, -0.05) is 26.2 Å². The average molecular weight is 232 g/mol. The summed E-state index contributed by atoms with van der Waals surface area (Å²) in [6.45, 7) is 4.58. The van der Waals surface area contributed by atoms with Crippen molar-refractivity contribution in [1.82, 2.24) is 10.3 Å². The molecule has 3 atom stereocenters. The lowest BCUT2D eigenvalue weighted by molar-refractivity contribution is 0.240. The molecular weight excluding hydrogens is 208 g/mol.